The summed E-state index contributed by atoms with van der Waals surface area (Å²) >= 11 is 0. The van der Waals surface area contributed by atoms with Gasteiger partial charge >= 0.3 is 0 Å². The number of nitrogens with one attached hydrogen (secondary N) is 3. The molecular weight excluding hydrogens is 407 g/mol. The van der Waals surface area contributed by atoms with Gasteiger partial charge in [-0.25, -0.2) is 0 Å². The van der Waals surface area contributed by atoms with Crippen molar-refractivity contribution < 1.29 is 4.79 Å². The molecule has 130 valence electrons. The first-order valence-electron chi connectivity index (χ1n) is 7.72. The van der Waals surface area contributed by atoms with E-state index in [1.54, 1.807) is 18.1 Å². The number of nitrogens with zero attached hydrogens (tertiary/aromatic N) is 3. The third kappa shape index (κ3) is 5.08. The zero-order chi connectivity index (χ0) is 16.0. The molecule has 0 radical (unpaired) electrons. The number of rotatable bonds is 5. The molecule has 0 aromatic carbocycles. The topological polar surface area (TPSA) is 85.4 Å². The number of carbonyl (C=O) groups is 1. The fourth-order valence-electron chi connectivity index (χ4n) is 3.03. The van der Waals surface area contributed by atoms with Crippen molar-refractivity contribution >= 4 is 35.8 Å². The average Bonchev–Trinajstić information content (AvgIpc) is 3.18. The van der Waals surface area contributed by atoms with Crippen LogP contribution in [0.4, 0.5) is 0 Å². The number of hydrogen-bond acceptors (Lipinski definition) is 3. The summed E-state index contributed by atoms with van der Waals surface area (Å²) in [5, 5.41) is 13.3. The van der Waals surface area contributed by atoms with Crippen LogP contribution in [0, 0.1) is 5.41 Å². The monoisotopic (exact) mass is 434 g/mol. The molecule has 1 aliphatic rings. The number of carbonyl (C=O) groups excluding carboxylic acids is 1. The van der Waals surface area contributed by atoms with Crippen molar-refractivity contribution in [2.24, 2.45) is 10.4 Å². The van der Waals surface area contributed by atoms with Gasteiger partial charge in [-0.1, -0.05) is 12.8 Å². The van der Waals surface area contributed by atoms with Gasteiger partial charge in [-0.3, -0.25) is 14.9 Å². The van der Waals surface area contributed by atoms with E-state index in [2.05, 4.69) is 25.8 Å². The van der Waals surface area contributed by atoms with Crippen molar-refractivity contribution in [2.45, 2.75) is 32.2 Å². The molecule has 0 unspecified atom stereocenters. The van der Waals surface area contributed by atoms with Crippen molar-refractivity contribution in [1.82, 2.24) is 25.7 Å². The predicted octanol–water partition coefficient (Wildman–Crippen LogP) is 1.34. The Bertz CT molecular complexity index is 508. The smallest absolute Gasteiger partial charge is 0.230 e. The number of aromatic nitrogens is 2. The SMILES string of the molecule is CN=C(NCc1ccn[nH]1)NCC1(C(=O)N(C)C)CCCC1.I. The number of hydrogen-bond donors (Lipinski definition) is 3. The molecule has 1 fully saturated rings. The lowest BCUT2D eigenvalue weighted by Crippen LogP contribution is -2.49. The highest BCUT2D eigenvalue weighted by Crippen LogP contribution is 2.38. The Morgan fingerprint density at radius 3 is 2.61 bits per heavy atom. The van der Waals surface area contributed by atoms with E-state index in [0.717, 1.165) is 31.4 Å². The first kappa shape index (κ1) is 19.7. The van der Waals surface area contributed by atoms with E-state index < -0.39 is 0 Å². The summed E-state index contributed by atoms with van der Waals surface area (Å²) in [5.74, 6) is 0.911. The summed E-state index contributed by atoms with van der Waals surface area (Å²) in [4.78, 5) is 18.4. The van der Waals surface area contributed by atoms with E-state index in [4.69, 9.17) is 0 Å². The van der Waals surface area contributed by atoms with Crippen LogP contribution in [-0.4, -0.2) is 54.7 Å². The van der Waals surface area contributed by atoms with Crippen molar-refractivity contribution in [3.8, 4) is 0 Å². The van der Waals surface area contributed by atoms with Crippen LogP contribution >= 0.6 is 24.0 Å². The van der Waals surface area contributed by atoms with E-state index in [9.17, 15) is 4.79 Å². The molecule has 0 saturated heterocycles. The molecule has 7 nitrogen and oxygen atoms in total. The molecule has 0 aliphatic heterocycles. The van der Waals surface area contributed by atoms with Gasteiger partial charge in [0.15, 0.2) is 5.96 Å². The van der Waals surface area contributed by atoms with Crippen LogP contribution < -0.4 is 10.6 Å². The first-order chi connectivity index (χ1) is 10.6. The molecule has 0 bridgehead atoms. The minimum absolute atomic E-state index is 0. The number of aliphatic imine (C=N–C) groups is 1. The van der Waals surface area contributed by atoms with Crippen LogP contribution in [0.15, 0.2) is 17.3 Å². The third-order valence-electron chi connectivity index (χ3n) is 4.24. The van der Waals surface area contributed by atoms with Crippen LogP contribution in [-0.2, 0) is 11.3 Å². The highest BCUT2D eigenvalue weighted by atomic mass is 127. The summed E-state index contributed by atoms with van der Waals surface area (Å²) in [6.07, 6.45) is 5.82. The van der Waals surface area contributed by atoms with Crippen LogP contribution in [0.3, 0.4) is 0 Å². The second kappa shape index (κ2) is 9.09. The first-order valence-corrected chi connectivity index (χ1v) is 7.72. The van der Waals surface area contributed by atoms with Crippen LogP contribution in [0.2, 0.25) is 0 Å². The number of H-pyrrole nitrogens is 1. The van der Waals surface area contributed by atoms with Gasteiger partial charge in [0, 0.05) is 33.9 Å². The summed E-state index contributed by atoms with van der Waals surface area (Å²) in [6, 6.07) is 1.91. The van der Waals surface area contributed by atoms with Gasteiger partial charge in [0.25, 0.3) is 0 Å². The Hall–Kier alpha value is -1.32. The fourth-order valence-corrected chi connectivity index (χ4v) is 3.03. The van der Waals surface area contributed by atoms with Crippen molar-refractivity contribution in [3.63, 3.8) is 0 Å². The summed E-state index contributed by atoms with van der Waals surface area (Å²) in [6.45, 7) is 1.24. The molecular formula is C15H27IN6O. The van der Waals surface area contributed by atoms with E-state index >= 15 is 0 Å². The van der Waals surface area contributed by atoms with Crippen LogP contribution in [0.5, 0.6) is 0 Å². The van der Waals surface area contributed by atoms with Crippen molar-refractivity contribution in [2.75, 3.05) is 27.7 Å². The Kier molecular flexibility index (Phi) is 7.80. The molecule has 1 aromatic heterocycles. The van der Waals surface area contributed by atoms with Gasteiger partial charge in [0.2, 0.25) is 5.91 Å². The maximum absolute atomic E-state index is 12.5. The zero-order valence-electron chi connectivity index (χ0n) is 14.1. The number of aromatic amines is 1. The second-order valence-electron chi connectivity index (χ2n) is 6.05. The molecule has 23 heavy (non-hydrogen) atoms. The second-order valence-corrected chi connectivity index (χ2v) is 6.05. The van der Waals surface area contributed by atoms with Gasteiger partial charge < -0.3 is 15.5 Å². The lowest BCUT2D eigenvalue weighted by atomic mass is 9.84. The quantitative estimate of drug-likeness (QED) is 0.371. The largest absolute Gasteiger partial charge is 0.355 e. The number of guanidine groups is 1. The maximum Gasteiger partial charge on any atom is 0.230 e. The highest BCUT2D eigenvalue weighted by molar-refractivity contribution is 14.0. The highest BCUT2D eigenvalue weighted by Gasteiger charge is 2.42. The molecule has 1 saturated carbocycles. The van der Waals surface area contributed by atoms with E-state index in [0.29, 0.717) is 19.0 Å². The van der Waals surface area contributed by atoms with Crippen LogP contribution in [0.1, 0.15) is 31.4 Å². The Balaban J connectivity index is 0.00000264. The molecule has 0 atom stereocenters. The lowest BCUT2D eigenvalue weighted by molar-refractivity contribution is -0.138. The lowest BCUT2D eigenvalue weighted by Gasteiger charge is -2.31. The van der Waals surface area contributed by atoms with E-state index in [1.165, 1.54) is 0 Å². The molecule has 8 heteroatoms. The van der Waals surface area contributed by atoms with Gasteiger partial charge in [0.05, 0.1) is 17.7 Å². The molecule has 0 spiro atoms. The van der Waals surface area contributed by atoms with Crippen molar-refractivity contribution in [3.05, 3.63) is 18.0 Å². The predicted molar refractivity (Wildman–Crippen MR) is 102 cm³/mol. The molecule has 1 aromatic rings. The van der Waals surface area contributed by atoms with Gasteiger partial charge in [-0.05, 0) is 18.9 Å². The van der Waals surface area contributed by atoms with Crippen LogP contribution in [0.25, 0.3) is 0 Å². The molecule has 3 N–H and O–H groups in total. The molecule has 1 aliphatic carbocycles. The summed E-state index contributed by atoms with van der Waals surface area (Å²) in [7, 11) is 5.39. The zero-order valence-corrected chi connectivity index (χ0v) is 16.4. The Labute approximate surface area is 154 Å². The third-order valence-corrected chi connectivity index (χ3v) is 4.24. The van der Waals surface area contributed by atoms with E-state index in [-0.39, 0.29) is 35.3 Å². The standard InChI is InChI=1S/C15H26N6O.HI/c1-16-14(17-10-12-6-9-19-20-12)18-11-15(7-4-5-8-15)13(22)21(2)3;/h6,9H,4-5,7-8,10-11H2,1-3H3,(H,19,20)(H2,16,17,18);1H. The van der Waals surface area contributed by atoms with Crippen molar-refractivity contribution in [1.29, 1.82) is 0 Å². The van der Waals surface area contributed by atoms with Gasteiger partial charge in [-0.15, -0.1) is 24.0 Å². The molecule has 2 rings (SSSR count). The average molecular weight is 434 g/mol. The molecule has 1 amide bonds. The van der Waals surface area contributed by atoms with Gasteiger partial charge in [-0.2, -0.15) is 5.10 Å². The fraction of sp³-hybridized carbons (Fsp3) is 0.667. The Morgan fingerprint density at radius 2 is 2.09 bits per heavy atom. The minimum Gasteiger partial charge on any atom is -0.355 e. The maximum atomic E-state index is 12.5. The van der Waals surface area contributed by atoms with E-state index in [1.807, 2.05) is 20.2 Å². The minimum atomic E-state index is -0.297. The molecule has 1 heterocycles. The summed E-state index contributed by atoms with van der Waals surface area (Å²) < 4.78 is 0. The number of halogens is 1. The normalized spacial score (nSPS) is 16.6. The summed E-state index contributed by atoms with van der Waals surface area (Å²) in [5.41, 5.74) is 0.692. The number of amides is 1. The Morgan fingerprint density at radius 1 is 1.39 bits per heavy atom. The van der Waals surface area contributed by atoms with Gasteiger partial charge in [0.1, 0.15) is 0 Å².